The smallest absolute Gasteiger partial charge is 0.220 e. The normalized spacial score (nSPS) is 12.4. The van der Waals surface area contributed by atoms with Gasteiger partial charge >= 0.3 is 0 Å². The topological polar surface area (TPSA) is 75.4 Å². The summed E-state index contributed by atoms with van der Waals surface area (Å²) in [5.74, 6) is 0.466. The number of nitrogens with zero attached hydrogens (tertiary/aromatic N) is 1. The molecule has 23 heavy (non-hydrogen) atoms. The number of benzene rings is 1. The van der Waals surface area contributed by atoms with E-state index in [1.165, 1.54) is 11.0 Å². The van der Waals surface area contributed by atoms with E-state index in [2.05, 4.69) is 16.4 Å². The Bertz CT molecular complexity index is 734. The van der Waals surface area contributed by atoms with Crippen LogP contribution < -0.4 is 5.32 Å². The zero-order valence-electron chi connectivity index (χ0n) is 12.6. The van der Waals surface area contributed by atoms with Crippen molar-refractivity contribution in [2.45, 2.75) is 25.3 Å². The van der Waals surface area contributed by atoms with Gasteiger partial charge in [-0.05, 0) is 37.1 Å². The van der Waals surface area contributed by atoms with E-state index in [4.69, 9.17) is 4.42 Å². The molecule has 1 amide bonds. The van der Waals surface area contributed by atoms with Crippen molar-refractivity contribution in [1.29, 1.82) is 0 Å². The Morgan fingerprint density at radius 3 is 2.91 bits per heavy atom. The lowest BCUT2D eigenvalue weighted by Crippen LogP contribution is -2.30. The van der Waals surface area contributed by atoms with Crippen LogP contribution in [-0.4, -0.2) is 22.6 Å². The third kappa shape index (κ3) is 3.97. The molecule has 2 heterocycles. The third-order valence-electron chi connectivity index (χ3n) is 3.54. The molecule has 3 rings (SSSR count). The Morgan fingerprint density at radius 2 is 2.17 bits per heavy atom. The first-order valence-electron chi connectivity index (χ1n) is 7.54. The highest BCUT2D eigenvalue weighted by atomic mass is 32.1. The summed E-state index contributed by atoms with van der Waals surface area (Å²) in [6, 6.07) is 11.0. The maximum atomic E-state index is 12.0. The fraction of sp³-hybridized carbons (Fsp3) is 0.294. The Morgan fingerprint density at radius 1 is 1.30 bits per heavy atom. The highest BCUT2D eigenvalue weighted by molar-refractivity contribution is 7.18. The van der Waals surface area contributed by atoms with E-state index in [0.717, 1.165) is 23.4 Å². The van der Waals surface area contributed by atoms with Crippen molar-refractivity contribution in [1.82, 2.24) is 10.3 Å². The second-order valence-electron chi connectivity index (χ2n) is 5.25. The number of hydrogen-bond donors (Lipinski definition) is 2. The number of aryl methyl sites for hydroxylation is 1. The zero-order valence-corrected chi connectivity index (χ0v) is 13.4. The fourth-order valence-corrected chi connectivity index (χ4v) is 3.40. The molecule has 2 aromatic heterocycles. The summed E-state index contributed by atoms with van der Waals surface area (Å²) < 4.78 is 6.38. The number of aliphatic hydroxyl groups excluding tert-OH is 1. The van der Waals surface area contributed by atoms with Crippen LogP contribution in [0.15, 0.2) is 47.1 Å². The fourth-order valence-electron chi connectivity index (χ4n) is 2.39. The number of hydrogen-bond acceptors (Lipinski definition) is 5. The van der Waals surface area contributed by atoms with Gasteiger partial charge in [0.15, 0.2) is 0 Å². The quantitative estimate of drug-likeness (QED) is 0.698. The van der Waals surface area contributed by atoms with Crippen molar-refractivity contribution in [2.75, 3.05) is 6.61 Å². The van der Waals surface area contributed by atoms with Crippen LogP contribution in [0.25, 0.3) is 10.2 Å². The molecule has 2 N–H and O–H groups in total. The summed E-state index contributed by atoms with van der Waals surface area (Å²) >= 11 is 1.67. The molecule has 3 aromatic rings. The van der Waals surface area contributed by atoms with Crippen molar-refractivity contribution in [3.8, 4) is 0 Å². The van der Waals surface area contributed by atoms with Gasteiger partial charge in [0.05, 0.1) is 28.1 Å². The average Bonchev–Trinajstić information content (AvgIpc) is 3.21. The Hall–Kier alpha value is -2.18. The molecule has 0 spiro atoms. The van der Waals surface area contributed by atoms with Gasteiger partial charge < -0.3 is 14.8 Å². The Labute approximate surface area is 138 Å². The highest BCUT2D eigenvalue weighted by Crippen LogP contribution is 2.22. The van der Waals surface area contributed by atoms with Crippen molar-refractivity contribution in [3.63, 3.8) is 0 Å². The molecule has 1 unspecified atom stereocenters. The first-order valence-corrected chi connectivity index (χ1v) is 8.36. The molecule has 0 saturated heterocycles. The van der Waals surface area contributed by atoms with Crippen LogP contribution in [0, 0.1) is 0 Å². The maximum Gasteiger partial charge on any atom is 0.220 e. The Balaban J connectivity index is 1.49. The van der Waals surface area contributed by atoms with Gasteiger partial charge in [-0.3, -0.25) is 4.79 Å². The lowest BCUT2D eigenvalue weighted by atomic mass is 10.2. The minimum atomic E-state index is -0.486. The standard InChI is InChI=1S/C17H18N2O3S/c20-11-13(14-6-4-10-22-14)18-16(21)8-3-9-17-19-12-5-1-2-7-15(12)23-17/h1-2,4-7,10,13,20H,3,8-9,11H2,(H,18,21). The molecule has 0 bridgehead atoms. The maximum absolute atomic E-state index is 12.0. The predicted molar refractivity (Wildman–Crippen MR) is 89.2 cm³/mol. The molecule has 0 saturated carbocycles. The number of rotatable bonds is 7. The van der Waals surface area contributed by atoms with E-state index in [-0.39, 0.29) is 12.5 Å². The van der Waals surface area contributed by atoms with Crippen molar-refractivity contribution < 1.29 is 14.3 Å². The first-order chi connectivity index (χ1) is 11.3. The van der Waals surface area contributed by atoms with Gasteiger partial charge in [0.1, 0.15) is 11.8 Å². The molecule has 0 radical (unpaired) electrons. The van der Waals surface area contributed by atoms with E-state index >= 15 is 0 Å². The summed E-state index contributed by atoms with van der Waals surface area (Å²) in [7, 11) is 0. The minimum Gasteiger partial charge on any atom is -0.467 e. The van der Waals surface area contributed by atoms with Gasteiger partial charge in [0.2, 0.25) is 5.91 Å². The summed E-state index contributed by atoms with van der Waals surface area (Å²) in [6.45, 7) is -0.183. The third-order valence-corrected chi connectivity index (χ3v) is 4.63. The Kier molecular flexibility index (Phi) is 5.05. The van der Waals surface area contributed by atoms with Gasteiger partial charge in [-0.25, -0.2) is 4.98 Å². The molecule has 1 aromatic carbocycles. The number of amides is 1. The van der Waals surface area contributed by atoms with E-state index < -0.39 is 6.04 Å². The van der Waals surface area contributed by atoms with Gasteiger partial charge in [0, 0.05) is 6.42 Å². The number of thiazole rings is 1. The van der Waals surface area contributed by atoms with Crippen LogP contribution in [-0.2, 0) is 11.2 Å². The molecule has 0 aliphatic carbocycles. The number of carbonyl (C=O) groups is 1. The zero-order chi connectivity index (χ0) is 16.1. The lowest BCUT2D eigenvalue weighted by Gasteiger charge is -2.13. The number of para-hydroxylation sites is 1. The molecular weight excluding hydrogens is 312 g/mol. The van der Waals surface area contributed by atoms with E-state index in [1.54, 1.807) is 23.5 Å². The number of fused-ring (bicyclic) bond motifs is 1. The number of furan rings is 1. The molecule has 5 nitrogen and oxygen atoms in total. The largest absolute Gasteiger partial charge is 0.467 e. The lowest BCUT2D eigenvalue weighted by molar-refractivity contribution is -0.122. The summed E-state index contributed by atoms with van der Waals surface area (Å²) in [6.07, 6.45) is 3.42. The molecule has 0 aliphatic heterocycles. The van der Waals surface area contributed by atoms with E-state index in [1.807, 2.05) is 18.2 Å². The van der Waals surface area contributed by atoms with Gasteiger partial charge in [0.25, 0.3) is 0 Å². The summed E-state index contributed by atoms with van der Waals surface area (Å²) in [5.41, 5.74) is 1.01. The number of nitrogens with one attached hydrogen (secondary N) is 1. The number of aromatic nitrogens is 1. The predicted octanol–water partition coefficient (Wildman–Crippen LogP) is 3.06. The van der Waals surface area contributed by atoms with Crippen molar-refractivity contribution >= 4 is 27.5 Å². The molecule has 0 fully saturated rings. The molecule has 1 atom stereocenters. The van der Waals surface area contributed by atoms with Crippen LogP contribution in [0.2, 0.25) is 0 Å². The second kappa shape index (κ2) is 7.39. The second-order valence-corrected chi connectivity index (χ2v) is 6.36. The minimum absolute atomic E-state index is 0.0958. The number of carbonyl (C=O) groups excluding carboxylic acids is 1. The molecule has 120 valence electrons. The number of aliphatic hydroxyl groups is 1. The van der Waals surface area contributed by atoms with Crippen LogP contribution in [0.1, 0.15) is 29.7 Å². The molecule has 0 aliphatic rings. The first kappa shape index (κ1) is 15.7. The van der Waals surface area contributed by atoms with Crippen molar-refractivity contribution in [3.05, 3.63) is 53.4 Å². The molecule has 6 heteroatoms. The van der Waals surface area contributed by atoms with Crippen LogP contribution in [0.4, 0.5) is 0 Å². The van der Waals surface area contributed by atoms with Gasteiger partial charge in [-0.1, -0.05) is 12.1 Å². The van der Waals surface area contributed by atoms with Crippen LogP contribution in [0.3, 0.4) is 0 Å². The average molecular weight is 330 g/mol. The van der Waals surface area contributed by atoms with Crippen molar-refractivity contribution in [2.24, 2.45) is 0 Å². The van der Waals surface area contributed by atoms with Gasteiger partial charge in [-0.2, -0.15) is 0 Å². The van der Waals surface area contributed by atoms with E-state index in [0.29, 0.717) is 12.2 Å². The van der Waals surface area contributed by atoms with E-state index in [9.17, 15) is 9.90 Å². The molecular formula is C17H18N2O3S. The SMILES string of the molecule is O=C(CCCc1nc2ccccc2s1)NC(CO)c1ccco1. The monoisotopic (exact) mass is 330 g/mol. The van der Waals surface area contributed by atoms with Gasteiger partial charge in [-0.15, -0.1) is 11.3 Å². The van der Waals surface area contributed by atoms with Crippen LogP contribution in [0.5, 0.6) is 0 Å². The van der Waals surface area contributed by atoms with Crippen LogP contribution >= 0.6 is 11.3 Å². The highest BCUT2D eigenvalue weighted by Gasteiger charge is 2.16. The summed E-state index contributed by atoms with van der Waals surface area (Å²) in [4.78, 5) is 16.5. The summed E-state index contributed by atoms with van der Waals surface area (Å²) in [5, 5.41) is 13.2.